The maximum absolute atomic E-state index is 11.7. The number of ether oxygens (including phenoxy) is 1. The summed E-state index contributed by atoms with van der Waals surface area (Å²) in [5.41, 5.74) is 0. The Kier molecular flexibility index (Phi) is 5.92. The van der Waals surface area contributed by atoms with E-state index in [0.29, 0.717) is 12.0 Å². The molecule has 0 bridgehead atoms. The molecule has 1 unspecified atom stereocenters. The van der Waals surface area contributed by atoms with Crippen LogP contribution in [0.1, 0.15) is 26.7 Å². The van der Waals surface area contributed by atoms with E-state index in [1.807, 2.05) is 7.05 Å². The molecule has 0 aromatic heterocycles. The number of piperidine rings is 1. The summed E-state index contributed by atoms with van der Waals surface area (Å²) in [5.74, 6) is 0.409. The number of rotatable bonds is 5. The lowest BCUT2D eigenvalue weighted by Crippen LogP contribution is -2.43. The van der Waals surface area contributed by atoms with Crippen LogP contribution >= 0.6 is 0 Å². The van der Waals surface area contributed by atoms with Crippen LogP contribution in [0.15, 0.2) is 0 Å². The van der Waals surface area contributed by atoms with Crippen molar-refractivity contribution in [2.45, 2.75) is 32.7 Å². The first-order valence-corrected chi connectivity index (χ1v) is 6.56. The second-order valence-corrected chi connectivity index (χ2v) is 5.15. The smallest absolute Gasteiger partial charge is 0.310 e. The molecule has 1 saturated heterocycles. The molecule has 1 heterocycles. The molecule has 0 aliphatic carbocycles. The van der Waals surface area contributed by atoms with E-state index in [2.05, 4.69) is 24.1 Å². The highest BCUT2D eigenvalue weighted by molar-refractivity contribution is 5.72. The molecule has 1 N–H and O–H groups in total. The van der Waals surface area contributed by atoms with Crippen molar-refractivity contribution in [3.63, 3.8) is 0 Å². The van der Waals surface area contributed by atoms with Gasteiger partial charge in [0.05, 0.1) is 13.0 Å². The molecular formula is C13H26N2O2. The summed E-state index contributed by atoms with van der Waals surface area (Å²) in [4.78, 5) is 14.2. The van der Waals surface area contributed by atoms with Gasteiger partial charge in [-0.1, -0.05) is 0 Å². The van der Waals surface area contributed by atoms with Crippen LogP contribution in [-0.2, 0) is 9.53 Å². The highest BCUT2D eigenvalue weighted by Crippen LogP contribution is 2.26. The average molecular weight is 242 g/mol. The fourth-order valence-electron chi connectivity index (χ4n) is 2.65. The Morgan fingerprint density at radius 2 is 2.00 bits per heavy atom. The van der Waals surface area contributed by atoms with Crippen LogP contribution in [0.5, 0.6) is 0 Å². The number of methoxy groups -OCH3 is 1. The van der Waals surface area contributed by atoms with E-state index in [4.69, 9.17) is 4.74 Å². The monoisotopic (exact) mass is 242 g/mol. The molecule has 0 radical (unpaired) electrons. The van der Waals surface area contributed by atoms with Crippen LogP contribution in [0.25, 0.3) is 0 Å². The predicted molar refractivity (Wildman–Crippen MR) is 68.9 cm³/mol. The van der Waals surface area contributed by atoms with Gasteiger partial charge in [-0.25, -0.2) is 0 Å². The van der Waals surface area contributed by atoms with Gasteiger partial charge in [0.2, 0.25) is 0 Å². The zero-order chi connectivity index (χ0) is 12.8. The zero-order valence-electron chi connectivity index (χ0n) is 11.5. The molecule has 4 heteroatoms. The van der Waals surface area contributed by atoms with Gasteiger partial charge in [-0.05, 0) is 52.7 Å². The van der Waals surface area contributed by atoms with E-state index < -0.39 is 0 Å². The van der Waals surface area contributed by atoms with Gasteiger partial charge in [0.15, 0.2) is 0 Å². The van der Waals surface area contributed by atoms with Gasteiger partial charge >= 0.3 is 5.97 Å². The number of hydrogen-bond donors (Lipinski definition) is 1. The van der Waals surface area contributed by atoms with Crippen LogP contribution < -0.4 is 5.32 Å². The number of carbonyl (C=O) groups excluding carboxylic acids is 1. The largest absolute Gasteiger partial charge is 0.469 e. The summed E-state index contributed by atoms with van der Waals surface area (Å²) in [5, 5.41) is 3.10. The summed E-state index contributed by atoms with van der Waals surface area (Å²) in [6.45, 7) is 7.37. The normalized spacial score (nSPS) is 20.5. The van der Waals surface area contributed by atoms with Gasteiger partial charge in [-0.15, -0.1) is 0 Å². The Bertz CT molecular complexity index is 236. The van der Waals surface area contributed by atoms with E-state index in [1.165, 1.54) is 7.11 Å². The Morgan fingerprint density at radius 3 is 2.41 bits per heavy atom. The fraction of sp³-hybridized carbons (Fsp3) is 0.923. The molecule has 17 heavy (non-hydrogen) atoms. The number of carbonyl (C=O) groups is 1. The second-order valence-electron chi connectivity index (χ2n) is 5.15. The first-order valence-electron chi connectivity index (χ1n) is 6.56. The standard InChI is InChI=1S/C13H26N2O2/c1-10(2)15-7-5-11(6-8-15)12(9-14-3)13(16)17-4/h10-12,14H,5-9H2,1-4H3. The molecule has 0 spiro atoms. The molecule has 0 aromatic carbocycles. The van der Waals surface area contributed by atoms with Crippen LogP contribution in [0.2, 0.25) is 0 Å². The first kappa shape index (κ1) is 14.5. The van der Waals surface area contributed by atoms with Crippen molar-refractivity contribution in [3.8, 4) is 0 Å². The van der Waals surface area contributed by atoms with Crippen molar-refractivity contribution in [2.75, 3.05) is 33.8 Å². The third-order valence-electron chi connectivity index (χ3n) is 3.80. The minimum absolute atomic E-state index is 0.0133. The van der Waals surface area contributed by atoms with Crippen molar-refractivity contribution in [2.24, 2.45) is 11.8 Å². The van der Waals surface area contributed by atoms with Gasteiger partial charge in [-0.2, -0.15) is 0 Å². The SMILES string of the molecule is CNCC(C(=O)OC)C1CCN(C(C)C)CC1. The highest BCUT2D eigenvalue weighted by atomic mass is 16.5. The van der Waals surface area contributed by atoms with Crippen molar-refractivity contribution < 1.29 is 9.53 Å². The van der Waals surface area contributed by atoms with Crippen molar-refractivity contribution in [3.05, 3.63) is 0 Å². The molecule has 1 aliphatic heterocycles. The highest BCUT2D eigenvalue weighted by Gasteiger charge is 2.31. The first-order chi connectivity index (χ1) is 8.10. The van der Waals surface area contributed by atoms with Crippen LogP contribution in [0, 0.1) is 11.8 Å². The Morgan fingerprint density at radius 1 is 1.41 bits per heavy atom. The Balaban J connectivity index is 2.51. The summed E-state index contributed by atoms with van der Waals surface area (Å²) in [6.07, 6.45) is 2.19. The molecule has 1 atom stereocenters. The minimum atomic E-state index is -0.0673. The Hall–Kier alpha value is -0.610. The number of nitrogens with one attached hydrogen (secondary N) is 1. The molecule has 1 aliphatic rings. The lowest BCUT2D eigenvalue weighted by Gasteiger charge is -2.37. The molecule has 0 amide bonds. The fourth-order valence-corrected chi connectivity index (χ4v) is 2.65. The van der Waals surface area contributed by atoms with Crippen LogP contribution in [0.3, 0.4) is 0 Å². The van der Waals surface area contributed by atoms with Crippen molar-refractivity contribution in [1.82, 2.24) is 10.2 Å². The maximum atomic E-state index is 11.7. The molecule has 1 rings (SSSR count). The summed E-state index contributed by atoms with van der Waals surface area (Å²) < 4.78 is 4.90. The molecule has 0 saturated carbocycles. The van der Waals surface area contributed by atoms with E-state index >= 15 is 0 Å². The lowest BCUT2D eigenvalue weighted by atomic mass is 9.84. The quantitative estimate of drug-likeness (QED) is 0.734. The predicted octanol–water partition coefficient (Wildman–Crippen LogP) is 1.12. The lowest BCUT2D eigenvalue weighted by molar-refractivity contribution is -0.148. The van der Waals surface area contributed by atoms with Gasteiger partial charge in [0, 0.05) is 12.6 Å². The van der Waals surface area contributed by atoms with Crippen LogP contribution in [-0.4, -0.2) is 50.7 Å². The number of hydrogen-bond acceptors (Lipinski definition) is 4. The number of likely N-dealkylation sites (tertiary alicyclic amines) is 1. The second kappa shape index (κ2) is 6.97. The maximum Gasteiger partial charge on any atom is 0.310 e. The summed E-state index contributed by atoms with van der Waals surface area (Å²) in [7, 11) is 3.37. The average Bonchev–Trinajstić information content (AvgIpc) is 2.35. The third kappa shape index (κ3) is 3.96. The molecule has 1 fully saturated rings. The number of nitrogens with zero attached hydrogens (tertiary/aromatic N) is 1. The zero-order valence-corrected chi connectivity index (χ0v) is 11.5. The minimum Gasteiger partial charge on any atom is -0.469 e. The van der Waals surface area contributed by atoms with Gasteiger partial charge in [-0.3, -0.25) is 4.79 Å². The van der Waals surface area contributed by atoms with Crippen molar-refractivity contribution >= 4 is 5.97 Å². The van der Waals surface area contributed by atoms with E-state index in [-0.39, 0.29) is 11.9 Å². The van der Waals surface area contributed by atoms with Gasteiger partial charge in [0.1, 0.15) is 0 Å². The number of esters is 1. The molecule has 100 valence electrons. The molecule has 0 aromatic rings. The molecule has 4 nitrogen and oxygen atoms in total. The van der Waals surface area contributed by atoms with Gasteiger partial charge in [0.25, 0.3) is 0 Å². The van der Waals surface area contributed by atoms with E-state index in [0.717, 1.165) is 32.5 Å². The van der Waals surface area contributed by atoms with Gasteiger partial charge < -0.3 is 15.0 Å². The Labute approximate surface area is 105 Å². The summed E-state index contributed by atoms with van der Waals surface area (Å²) >= 11 is 0. The third-order valence-corrected chi connectivity index (χ3v) is 3.80. The van der Waals surface area contributed by atoms with Crippen LogP contribution in [0.4, 0.5) is 0 Å². The van der Waals surface area contributed by atoms with E-state index in [9.17, 15) is 4.79 Å². The summed E-state index contributed by atoms with van der Waals surface area (Å²) in [6, 6.07) is 0.608. The molecular weight excluding hydrogens is 216 g/mol. The topological polar surface area (TPSA) is 41.6 Å². The van der Waals surface area contributed by atoms with Crippen molar-refractivity contribution in [1.29, 1.82) is 0 Å². The van der Waals surface area contributed by atoms with E-state index in [1.54, 1.807) is 0 Å².